The van der Waals surface area contributed by atoms with Crippen LogP contribution in [0.5, 0.6) is 0 Å². The Morgan fingerprint density at radius 3 is 2.55 bits per heavy atom. The molecule has 0 bridgehead atoms. The third kappa shape index (κ3) is 3.34. The van der Waals surface area contributed by atoms with Gasteiger partial charge in [0.05, 0.1) is 0 Å². The van der Waals surface area contributed by atoms with Gasteiger partial charge in [-0.3, -0.25) is 9.69 Å². The molecule has 4 nitrogen and oxygen atoms in total. The monoisotopic (exact) mass is 281 g/mol. The fraction of sp³-hybridized carbons (Fsp3) is 0.938. The van der Waals surface area contributed by atoms with E-state index < -0.39 is 5.54 Å². The van der Waals surface area contributed by atoms with E-state index in [1.54, 1.807) is 0 Å². The number of nitrogens with one attached hydrogen (secondary N) is 1. The molecule has 0 spiro atoms. The summed E-state index contributed by atoms with van der Waals surface area (Å²) in [4.78, 5) is 14.7. The van der Waals surface area contributed by atoms with Gasteiger partial charge in [0.1, 0.15) is 5.54 Å². The minimum absolute atomic E-state index is 0.154. The van der Waals surface area contributed by atoms with Crippen molar-refractivity contribution >= 4 is 5.91 Å². The van der Waals surface area contributed by atoms with Crippen LogP contribution in [0.1, 0.15) is 52.9 Å². The van der Waals surface area contributed by atoms with Crippen molar-refractivity contribution in [3.05, 3.63) is 0 Å². The fourth-order valence-corrected chi connectivity index (χ4v) is 3.54. The van der Waals surface area contributed by atoms with Crippen LogP contribution >= 0.6 is 0 Å². The van der Waals surface area contributed by atoms with Crippen molar-refractivity contribution in [3.63, 3.8) is 0 Å². The van der Waals surface area contributed by atoms with Crippen LogP contribution in [0.3, 0.4) is 0 Å². The molecule has 1 aliphatic carbocycles. The molecule has 1 aliphatic heterocycles. The van der Waals surface area contributed by atoms with Gasteiger partial charge in [0.25, 0.3) is 0 Å². The molecule has 0 aromatic rings. The largest absolute Gasteiger partial charge is 0.368 e. The molecule has 116 valence electrons. The first-order valence-corrected chi connectivity index (χ1v) is 8.28. The molecule has 1 saturated carbocycles. The zero-order valence-electron chi connectivity index (χ0n) is 13.3. The number of primary amides is 1. The summed E-state index contributed by atoms with van der Waals surface area (Å²) in [5.41, 5.74) is 5.32. The van der Waals surface area contributed by atoms with Crippen molar-refractivity contribution < 1.29 is 4.79 Å². The first kappa shape index (κ1) is 15.8. The summed E-state index contributed by atoms with van der Waals surface area (Å²) in [6.45, 7) is 9.48. The van der Waals surface area contributed by atoms with Gasteiger partial charge >= 0.3 is 0 Å². The predicted octanol–water partition coefficient (Wildman–Crippen LogP) is 1.74. The van der Waals surface area contributed by atoms with Crippen molar-refractivity contribution in [1.82, 2.24) is 10.2 Å². The lowest BCUT2D eigenvalue weighted by molar-refractivity contribution is -0.127. The Balaban J connectivity index is 2.11. The molecule has 0 aromatic heterocycles. The van der Waals surface area contributed by atoms with Gasteiger partial charge < -0.3 is 11.1 Å². The molecule has 1 amide bonds. The molecule has 1 heterocycles. The van der Waals surface area contributed by atoms with Gasteiger partial charge in [-0.05, 0) is 57.4 Å². The van der Waals surface area contributed by atoms with E-state index in [0.717, 1.165) is 44.8 Å². The van der Waals surface area contributed by atoms with Crippen LogP contribution in [0.15, 0.2) is 0 Å². The van der Waals surface area contributed by atoms with Crippen molar-refractivity contribution in [2.45, 2.75) is 64.5 Å². The first-order chi connectivity index (χ1) is 9.49. The molecule has 2 rings (SSSR count). The highest BCUT2D eigenvalue weighted by atomic mass is 16.1. The Morgan fingerprint density at radius 1 is 1.30 bits per heavy atom. The molecule has 0 radical (unpaired) electrons. The maximum atomic E-state index is 12.2. The zero-order valence-corrected chi connectivity index (χ0v) is 13.3. The molecule has 3 N–H and O–H groups in total. The second kappa shape index (κ2) is 6.44. The molecule has 2 fully saturated rings. The van der Waals surface area contributed by atoms with Gasteiger partial charge in [-0.15, -0.1) is 0 Å². The van der Waals surface area contributed by atoms with Crippen LogP contribution in [-0.2, 0) is 4.79 Å². The maximum absolute atomic E-state index is 12.2. The first-order valence-electron chi connectivity index (χ1n) is 8.28. The highest BCUT2D eigenvalue weighted by molar-refractivity contribution is 5.86. The summed E-state index contributed by atoms with van der Waals surface area (Å²) in [5, 5.41) is 3.51. The highest BCUT2D eigenvalue weighted by Crippen LogP contribution is 2.41. The number of nitrogens with two attached hydrogens (primary N) is 1. The van der Waals surface area contributed by atoms with E-state index in [1.165, 1.54) is 12.8 Å². The van der Waals surface area contributed by atoms with Crippen LogP contribution in [0.4, 0.5) is 0 Å². The number of rotatable bonds is 7. The van der Waals surface area contributed by atoms with Crippen molar-refractivity contribution in [1.29, 1.82) is 0 Å². The smallest absolute Gasteiger partial charge is 0.239 e. The van der Waals surface area contributed by atoms with Crippen LogP contribution < -0.4 is 11.1 Å². The SMILES string of the molecule is CCCNC(CN1CC(C)CCC1C)(C(N)=O)C1CC1. The second-order valence-corrected chi connectivity index (χ2v) is 7.00. The minimum Gasteiger partial charge on any atom is -0.368 e. The number of nitrogens with zero attached hydrogens (tertiary/aromatic N) is 1. The lowest BCUT2D eigenvalue weighted by Gasteiger charge is -2.43. The number of hydrogen-bond acceptors (Lipinski definition) is 3. The predicted molar refractivity (Wildman–Crippen MR) is 82.4 cm³/mol. The average molecular weight is 281 g/mol. The lowest BCUT2D eigenvalue weighted by atomic mass is 9.87. The Bertz CT molecular complexity index is 343. The summed E-state index contributed by atoms with van der Waals surface area (Å²) in [7, 11) is 0. The Labute approximate surface area is 123 Å². The fourth-order valence-electron chi connectivity index (χ4n) is 3.54. The van der Waals surface area contributed by atoms with Gasteiger partial charge in [-0.25, -0.2) is 0 Å². The molecular formula is C16H31N3O. The van der Waals surface area contributed by atoms with E-state index in [4.69, 9.17) is 5.73 Å². The minimum atomic E-state index is -0.499. The summed E-state index contributed by atoms with van der Waals surface area (Å²) in [6, 6.07) is 0.562. The van der Waals surface area contributed by atoms with Gasteiger partial charge in [0, 0.05) is 19.1 Å². The van der Waals surface area contributed by atoms with Gasteiger partial charge in [-0.2, -0.15) is 0 Å². The van der Waals surface area contributed by atoms with E-state index in [9.17, 15) is 4.79 Å². The third-order valence-electron chi connectivity index (χ3n) is 5.10. The van der Waals surface area contributed by atoms with Gasteiger partial charge in [0.15, 0.2) is 0 Å². The summed E-state index contributed by atoms with van der Waals surface area (Å²) in [6.07, 6.45) is 5.84. The highest BCUT2D eigenvalue weighted by Gasteiger charge is 2.50. The van der Waals surface area contributed by atoms with Crippen LogP contribution in [0.25, 0.3) is 0 Å². The number of likely N-dealkylation sites (tertiary alicyclic amines) is 1. The number of carbonyl (C=O) groups is 1. The third-order valence-corrected chi connectivity index (χ3v) is 5.10. The number of carbonyl (C=O) groups excluding carboxylic acids is 1. The quantitative estimate of drug-likeness (QED) is 0.747. The van der Waals surface area contributed by atoms with Crippen molar-refractivity contribution in [2.24, 2.45) is 17.6 Å². The van der Waals surface area contributed by atoms with Gasteiger partial charge in [0.2, 0.25) is 5.91 Å². The van der Waals surface area contributed by atoms with E-state index in [-0.39, 0.29) is 5.91 Å². The van der Waals surface area contributed by atoms with E-state index >= 15 is 0 Å². The van der Waals surface area contributed by atoms with Crippen molar-refractivity contribution in [3.8, 4) is 0 Å². The number of hydrogen-bond donors (Lipinski definition) is 2. The molecule has 3 atom stereocenters. The Kier molecular flexibility index (Phi) is 5.08. The van der Waals surface area contributed by atoms with Crippen LogP contribution in [-0.4, -0.2) is 42.0 Å². The van der Waals surface area contributed by atoms with Crippen LogP contribution in [0.2, 0.25) is 0 Å². The molecular weight excluding hydrogens is 250 g/mol. The molecule has 20 heavy (non-hydrogen) atoms. The van der Waals surface area contributed by atoms with E-state index in [1.807, 2.05) is 0 Å². The molecule has 3 unspecified atom stereocenters. The Morgan fingerprint density at radius 2 is 2.00 bits per heavy atom. The molecule has 1 saturated heterocycles. The maximum Gasteiger partial charge on any atom is 0.239 e. The summed E-state index contributed by atoms with van der Waals surface area (Å²) < 4.78 is 0. The Hall–Kier alpha value is -0.610. The molecule has 0 aromatic carbocycles. The summed E-state index contributed by atoms with van der Waals surface area (Å²) in [5.74, 6) is 1.01. The van der Waals surface area contributed by atoms with Crippen LogP contribution in [0, 0.1) is 11.8 Å². The standard InChI is InChI=1S/C16H31N3O/c1-4-9-18-16(15(17)20,14-7-8-14)11-19-10-12(2)5-6-13(19)3/h12-14,18H,4-11H2,1-3H3,(H2,17,20). The normalized spacial score (nSPS) is 30.9. The molecule has 4 heteroatoms. The van der Waals surface area contributed by atoms with Gasteiger partial charge in [-0.1, -0.05) is 13.8 Å². The summed E-state index contributed by atoms with van der Waals surface area (Å²) >= 11 is 0. The van der Waals surface area contributed by atoms with E-state index in [2.05, 4.69) is 31.0 Å². The van der Waals surface area contributed by atoms with Crippen molar-refractivity contribution in [2.75, 3.05) is 19.6 Å². The zero-order chi connectivity index (χ0) is 14.8. The number of piperidine rings is 1. The molecule has 2 aliphatic rings. The van der Waals surface area contributed by atoms with E-state index in [0.29, 0.717) is 12.0 Å². The average Bonchev–Trinajstić information content (AvgIpc) is 3.23. The lowest BCUT2D eigenvalue weighted by Crippen LogP contribution is -2.65. The number of amides is 1. The topological polar surface area (TPSA) is 58.4 Å². The second-order valence-electron chi connectivity index (χ2n) is 7.00.